The molecule has 1 amide bonds. The average molecular weight is 356 g/mol. The summed E-state index contributed by atoms with van der Waals surface area (Å²) in [5.41, 5.74) is 3.27. The molecule has 0 radical (unpaired) electrons. The molecule has 4 nitrogen and oxygen atoms in total. The van der Waals surface area contributed by atoms with Crippen molar-refractivity contribution in [1.82, 2.24) is 10.2 Å². The molecule has 1 N–H and O–H groups in total. The van der Waals surface area contributed by atoms with E-state index in [9.17, 15) is 4.79 Å². The molecular weight excluding hydrogens is 342 g/mol. The van der Waals surface area contributed by atoms with Crippen LogP contribution < -0.4 is 5.32 Å². The number of hydrogen-bond donors (Lipinski definition) is 1. The van der Waals surface area contributed by atoms with Gasteiger partial charge in [0.25, 0.3) is 0 Å². The fraction of sp³-hybridized carbons (Fsp3) is 0.176. The average Bonchev–Trinajstić information content (AvgIpc) is 2.54. The van der Waals surface area contributed by atoms with Crippen LogP contribution in [0.15, 0.2) is 58.0 Å². The molecule has 1 atom stereocenters. The molecule has 5 heteroatoms. The molecule has 22 heavy (non-hydrogen) atoms. The van der Waals surface area contributed by atoms with Crippen molar-refractivity contribution >= 4 is 33.4 Å². The highest BCUT2D eigenvalue weighted by atomic mass is 79.9. The van der Waals surface area contributed by atoms with Gasteiger partial charge in [-0.3, -0.25) is 4.79 Å². The van der Waals surface area contributed by atoms with Gasteiger partial charge in [-0.15, -0.1) is 0 Å². The van der Waals surface area contributed by atoms with Gasteiger partial charge >= 0.3 is 0 Å². The number of benzene rings is 2. The van der Waals surface area contributed by atoms with Crippen LogP contribution in [0.25, 0.3) is 0 Å². The molecule has 0 aromatic heterocycles. The Bertz CT molecular complexity index is 773. The monoisotopic (exact) mass is 355 g/mol. The summed E-state index contributed by atoms with van der Waals surface area (Å²) in [7, 11) is 0. The zero-order chi connectivity index (χ0) is 15.1. The molecule has 0 bridgehead atoms. The highest BCUT2D eigenvalue weighted by Gasteiger charge is 2.34. The van der Waals surface area contributed by atoms with E-state index in [-0.39, 0.29) is 11.9 Å². The molecule has 0 saturated carbocycles. The first-order valence-electron chi connectivity index (χ1n) is 7.18. The number of nitrogens with one attached hydrogen (secondary N) is 1. The van der Waals surface area contributed by atoms with Crippen molar-refractivity contribution in [1.29, 1.82) is 0 Å². The maximum atomic E-state index is 11.9. The summed E-state index contributed by atoms with van der Waals surface area (Å²) >= 11 is 3.54. The van der Waals surface area contributed by atoms with Gasteiger partial charge in [0.1, 0.15) is 5.84 Å². The van der Waals surface area contributed by atoms with Gasteiger partial charge in [0, 0.05) is 10.0 Å². The van der Waals surface area contributed by atoms with E-state index in [1.807, 2.05) is 30.3 Å². The molecule has 1 saturated heterocycles. The van der Waals surface area contributed by atoms with Crippen LogP contribution >= 0.6 is 15.9 Å². The van der Waals surface area contributed by atoms with Crippen LogP contribution in [-0.2, 0) is 4.79 Å². The third-order valence-electron chi connectivity index (χ3n) is 4.05. The molecule has 2 aliphatic rings. The number of amidine groups is 1. The van der Waals surface area contributed by atoms with Gasteiger partial charge in [-0.05, 0) is 23.8 Å². The highest BCUT2D eigenvalue weighted by Crippen LogP contribution is 2.40. The predicted octanol–water partition coefficient (Wildman–Crippen LogP) is 3.01. The second-order valence-corrected chi connectivity index (χ2v) is 6.36. The number of carbonyl (C=O) groups is 1. The Morgan fingerprint density at radius 1 is 1.18 bits per heavy atom. The van der Waals surface area contributed by atoms with E-state index in [1.54, 1.807) is 0 Å². The van der Waals surface area contributed by atoms with Gasteiger partial charge in [0.15, 0.2) is 0 Å². The van der Waals surface area contributed by atoms with Crippen molar-refractivity contribution in [3.05, 3.63) is 64.1 Å². The third-order valence-corrected chi connectivity index (χ3v) is 4.54. The molecule has 110 valence electrons. The molecule has 0 aliphatic carbocycles. The Hall–Kier alpha value is -2.14. The van der Waals surface area contributed by atoms with Crippen molar-refractivity contribution in [2.75, 3.05) is 13.1 Å². The first-order chi connectivity index (χ1) is 10.7. The Kier molecular flexibility index (Phi) is 3.22. The Labute approximate surface area is 137 Å². The standard InChI is InChI=1S/C17H14BrN3O/c18-12-6-7-14-13(8-12)17(11-4-2-1-3-5-11)21-10-16(22)19-9-15(21)20-14/h1-8,17H,9-10H2,(H,19,22)/t17-/m0/s1. The van der Waals surface area contributed by atoms with E-state index in [0.717, 1.165) is 21.6 Å². The summed E-state index contributed by atoms with van der Waals surface area (Å²) in [5.74, 6) is 0.960. The quantitative estimate of drug-likeness (QED) is 0.854. The van der Waals surface area contributed by atoms with Crippen LogP contribution in [-0.4, -0.2) is 29.7 Å². The van der Waals surface area contributed by atoms with Gasteiger partial charge in [-0.25, -0.2) is 4.99 Å². The van der Waals surface area contributed by atoms with Gasteiger partial charge in [0.05, 0.1) is 24.8 Å². The van der Waals surface area contributed by atoms with E-state index < -0.39 is 0 Å². The Balaban J connectivity index is 1.91. The van der Waals surface area contributed by atoms with Crippen molar-refractivity contribution in [2.24, 2.45) is 4.99 Å². The van der Waals surface area contributed by atoms with Crippen molar-refractivity contribution < 1.29 is 4.79 Å². The van der Waals surface area contributed by atoms with E-state index >= 15 is 0 Å². The number of hydrogen-bond acceptors (Lipinski definition) is 3. The minimum absolute atomic E-state index is 0.0206. The van der Waals surface area contributed by atoms with Crippen LogP contribution in [0.1, 0.15) is 17.2 Å². The molecule has 2 aliphatic heterocycles. The summed E-state index contributed by atoms with van der Waals surface area (Å²) in [6.07, 6.45) is 0. The topological polar surface area (TPSA) is 44.7 Å². The van der Waals surface area contributed by atoms with Gasteiger partial charge in [0.2, 0.25) is 5.91 Å². The minimum atomic E-state index is 0.0206. The fourth-order valence-corrected chi connectivity index (χ4v) is 3.45. The summed E-state index contributed by atoms with van der Waals surface area (Å²) in [5, 5.41) is 2.87. The smallest absolute Gasteiger partial charge is 0.239 e. The van der Waals surface area contributed by atoms with Crippen LogP contribution in [0.2, 0.25) is 0 Å². The maximum Gasteiger partial charge on any atom is 0.239 e. The Morgan fingerprint density at radius 2 is 2.00 bits per heavy atom. The van der Waals surface area contributed by atoms with E-state index in [4.69, 9.17) is 4.99 Å². The highest BCUT2D eigenvalue weighted by molar-refractivity contribution is 9.10. The molecule has 0 unspecified atom stereocenters. The Morgan fingerprint density at radius 3 is 2.82 bits per heavy atom. The zero-order valence-corrected chi connectivity index (χ0v) is 13.4. The normalized spacial score (nSPS) is 19.9. The predicted molar refractivity (Wildman–Crippen MR) is 89.2 cm³/mol. The number of carbonyl (C=O) groups excluding carboxylic acids is 1. The van der Waals surface area contributed by atoms with Crippen molar-refractivity contribution in [3.8, 4) is 0 Å². The maximum absolute atomic E-state index is 11.9. The minimum Gasteiger partial charge on any atom is -0.347 e. The number of piperazine rings is 1. The first kappa shape index (κ1) is 13.5. The van der Waals surface area contributed by atoms with Crippen LogP contribution in [0.4, 0.5) is 5.69 Å². The SMILES string of the molecule is O=C1CN2C(=Nc3ccc(Br)cc3[C@@H]2c2ccccc2)CN1. The lowest BCUT2D eigenvalue weighted by Crippen LogP contribution is -2.53. The number of aliphatic imine (C=N–C) groups is 1. The second-order valence-electron chi connectivity index (χ2n) is 5.45. The van der Waals surface area contributed by atoms with E-state index in [2.05, 4.69) is 44.3 Å². The molecule has 0 spiro atoms. The molecule has 1 fully saturated rings. The van der Waals surface area contributed by atoms with Gasteiger partial charge in [-0.2, -0.15) is 0 Å². The third kappa shape index (κ3) is 2.22. The van der Waals surface area contributed by atoms with E-state index in [1.165, 1.54) is 5.56 Å². The van der Waals surface area contributed by atoms with Gasteiger partial charge < -0.3 is 10.2 Å². The fourth-order valence-electron chi connectivity index (χ4n) is 3.07. The number of nitrogens with zero attached hydrogens (tertiary/aromatic N) is 2. The van der Waals surface area contributed by atoms with Gasteiger partial charge in [-0.1, -0.05) is 46.3 Å². The molecule has 2 heterocycles. The van der Waals surface area contributed by atoms with Crippen LogP contribution in [0.5, 0.6) is 0 Å². The summed E-state index contributed by atoms with van der Waals surface area (Å²) in [6.45, 7) is 0.821. The molecule has 2 aromatic carbocycles. The largest absolute Gasteiger partial charge is 0.347 e. The lowest BCUT2D eigenvalue weighted by molar-refractivity contribution is -0.122. The lowest BCUT2D eigenvalue weighted by Gasteiger charge is -2.40. The summed E-state index contributed by atoms with van der Waals surface area (Å²) < 4.78 is 1.02. The zero-order valence-electron chi connectivity index (χ0n) is 11.8. The van der Waals surface area contributed by atoms with Crippen LogP contribution in [0.3, 0.4) is 0 Å². The first-order valence-corrected chi connectivity index (χ1v) is 7.97. The molecule has 4 rings (SSSR count). The van der Waals surface area contributed by atoms with Crippen molar-refractivity contribution in [2.45, 2.75) is 6.04 Å². The van der Waals surface area contributed by atoms with E-state index in [0.29, 0.717) is 13.1 Å². The second kappa shape index (κ2) is 5.25. The number of amides is 1. The lowest BCUT2D eigenvalue weighted by atomic mass is 9.93. The van der Waals surface area contributed by atoms with Crippen LogP contribution in [0, 0.1) is 0 Å². The summed E-state index contributed by atoms with van der Waals surface area (Å²) in [4.78, 5) is 18.7. The summed E-state index contributed by atoms with van der Waals surface area (Å²) in [6, 6.07) is 16.4. The number of halogens is 1. The molecular formula is C17H14BrN3O. The number of fused-ring (bicyclic) bond motifs is 2. The number of rotatable bonds is 1. The van der Waals surface area contributed by atoms with Crippen molar-refractivity contribution in [3.63, 3.8) is 0 Å². The molecule has 2 aromatic rings.